The van der Waals surface area contributed by atoms with E-state index in [0.717, 1.165) is 0 Å². The number of halogens is 3. The van der Waals surface area contributed by atoms with Crippen molar-refractivity contribution >= 4 is 51.6 Å². The highest BCUT2D eigenvalue weighted by molar-refractivity contribution is 6.67. The van der Waals surface area contributed by atoms with Crippen LogP contribution >= 0.6 is 34.8 Å². The lowest BCUT2D eigenvalue weighted by Gasteiger charge is -2.07. The van der Waals surface area contributed by atoms with Crippen molar-refractivity contribution in [2.24, 2.45) is 0 Å². The fraction of sp³-hybridized carbons (Fsp3) is 0. The number of carbonyl (C=O) groups excluding carboxylic acids is 2. The van der Waals surface area contributed by atoms with E-state index < -0.39 is 11.1 Å². The van der Waals surface area contributed by atoms with E-state index in [9.17, 15) is 9.59 Å². The summed E-state index contributed by atoms with van der Waals surface area (Å²) in [5.41, 5.74) is 1.04. The number of hydrogen-bond donors (Lipinski definition) is 1. The molecule has 0 heterocycles. The smallest absolute Gasteiger partial charge is 0.257 e. The summed E-state index contributed by atoms with van der Waals surface area (Å²) < 4.78 is 0. The van der Waals surface area contributed by atoms with Crippen LogP contribution < -0.4 is 5.32 Å². The molecule has 0 aliphatic rings. The Morgan fingerprint density at radius 2 is 1.75 bits per heavy atom. The second kappa shape index (κ2) is 6.27. The van der Waals surface area contributed by atoms with Crippen molar-refractivity contribution in [1.29, 1.82) is 0 Å². The van der Waals surface area contributed by atoms with Gasteiger partial charge in [0, 0.05) is 16.3 Å². The molecule has 0 fully saturated rings. The molecule has 2 aromatic rings. The minimum atomic E-state index is -0.592. The lowest BCUT2D eigenvalue weighted by Crippen LogP contribution is -2.12. The first-order chi connectivity index (χ1) is 9.47. The average molecular weight is 329 g/mol. The molecular formula is C14H8Cl3NO2. The monoisotopic (exact) mass is 327 g/mol. The molecular weight excluding hydrogens is 321 g/mol. The molecule has 0 atom stereocenters. The maximum atomic E-state index is 12.1. The van der Waals surface area contributed by atoms with Crippen LogP contribution in [0.25, 0.3) is 0 Å². The van der Waals surface area contributed by atoms with Gasteiger partial charge < -0.3 is 5.32 Å². The summed E-state index contributed by atoms with van der Waals surface area (Å²) in [7, 11) is 0. The van der Waals surface area contributed by atoms with Crippen molar-refractivity contribution in [1.82, 2.24) is 0 Å². The Hall–Kier alpha value is -1.55. The fourth-order valence-corrected chi connectivity index (χ4v) is 2.20. The fourth-order valence-electron chi connectivity index (χ4n) is 1.59. The lowest BCUT2D eigenvalue weighted by atomic mass is 10.2. The zero-order chi connectivity index (χ0) is 14.7. The number of amides is 1. The molecule has 0 radical (unpaired) electrons. The van der Waals surface area contributed by atoms with Gasteiger partial charge in [0.2, 0.25) is 0 Å². The highest BCUT2D eigenvalue weighted by Gasteiger charge is 2.11. The van der Waals surface area contributed by atoms with Crippen LogP contribution in [0.4, 0.5) is 5.69 Å². The number of carbonyl (C=O) groups is 2. The summed E-state index contributed by atoms with van der Waals surface area (Å²) in [4.78, 5) is 23.1. The van der Waals surface area contributed by atoms with Crippen molar-refractivity contribution in [2.45, 2.75) is 0 Å². The summed E-state index contributed by atoms with van der Waals surface area (Å²) in [5, 5.41) is 2.74. The van der Waals surface area contributed by atoms with E-state index in [2.05, 4.69) is 5.32 Å². The zero-order valence-corrected chi connectivity index (χ0v) is 12.3. The maximum absolute atomic E-state index is 12.1. The predicted octanol–water partition coefficient (Wildman–Crippen LogP) is 4.62. The van der Waals surface area contributed by atoms with Crippen molar-refractivity contribution < 1.29 is 9.59 Å². The van der Waals surface area contributed by atoms with Crippen molar-refractivity contribution in [2.75, 3.05) is 5.32 Å². The van der Waals surface area contributed by atoms with Gasteiger partial charge in [-0.2, -0.15) is 0 Å². The molecule has 0 unspecified atom stereocenters. The summed E-state index contributed by atoms with van der Waals surface area (Å²) >= 11 is 17.1. The molecule has 1 amide bonds. The quantitative estimate of drug-likeness (QED) is 0.835. The number of anilines is 1. The van der Waals surface area contributed by atoms with Crippen LogP contribution in [0.2, 0.25) is 10.0 Å². The van der Waals surface area contributed by atoms with Crippen molar-refractivity contribution in [3.8, 4) is 0 Å². The van der Waals surface area contributed by atoms with E-state index in [1.807, 2.05) is 0 Å². The molecule has 3 nitrogen and oxygen atoms in total. The molecule has 0 bridgehead atoms. The Kier molecular flexibility index (Phi) is 4.65. The Morgan fingerprint density at radius 3 is 2.40 bits per heavy atom. The normalized spacial score (nSPS) is 10.2. The molecule has 0 aliphatic carbocycles. The van der Waals surface area contributed by atoms with Crippen LogP contribution in [0, 0.1) is 0 Å². The average Bonchev–Trinajstić information content (AvgIpc) is 2.38. The van der Waals surface area contributed by atoms with Gasteiger partial charge in [-0.1, -0.05) is 29.3 Å². The van der Waals surface area contributed by atoms with Crippen molar-refractivity contribution in [3.05, 3.63) is 63.6 Å². The van der Waals surface area contributed by atoms with Gasteiger partial charge in [-0.15, -0.1) is 0 Å². The van der Waals surface area contributed by atoms with Gasteiger partial charge in [0.25, 0.3) is 11.1 Å². The standard InChI is InChI=1S/C14H8Cl3NO2/c15-9-4-5-11(12(16)7-9)14(20)18-10-3-1-2-8(6-10)13(17)19/h1-7H,(H,18,20). The topological polar surface area (TPSA) is 46.2 Å². The number of nitrogens with one attached hydrogen (secondary N) is 1. The van der Waals surface area contributed by atoms with Gasteiger partial charge >= 0.3 is 0 Å². The third kappa shape index (κ3) is 3.51. The predicted molar refractivity (Wildman–Crippen MR) is 81.0 cm³/mol. The van der Waals surface area contributed by atoms with E-state index in [1.54, 1.807) is 24.3 Å². The van der Waals surface area contributed by atoms with Gasteiger partial charge in [-0.25, -0.2) is 0 Å². The first-order valence-corrected chi connectivity index (χ1v) is 6.67. The summed E-state index contributed by atoms with van der Waals surface area (Å²) in [6, 6.07) is 10.9. The number of hydrogen-bond acceptors (Lipinski definition) is 2. The van der Waals surface area contributed by atoms with Gasteiger partial charge in [-0.05, 0) is 48.0 Å². The van der Waals surface area contributed by atoms with E-state index in [-0.39, 0.29) is 5.02 Å². The first kappa shape index (κ1) is 14.9. The van der Waals surface area contributed by atoms with E-state index in [0.29, 0.717) is 21.8 Å². The Morgan fingerprint density at radius 1 is 1.00 bits per heavy atom. The lowest BCUT2D eigenvalue weighted by molar-refractivity contribution is 0.102. The molecule has 0 spiro atoms. The van der Waals surface area contributed by atoms with E-state index in [4.69, 9.17) is 34.8 Å². The highest BCUT2D eigenvalue weighted by Crippen LogP contribution is 2.22. The van der Waals surface area contributed by atoms with Gasteiger partial charge in [0.15, 0.2) is 0 Å². The molecule has 2 aromatic carbocycles. The molecule has 0 saturated carbocycles. The minimum Gasteiger partial charge on any atom is -0.322 e. The molecule has 0 aliphatic heterocycles. The summed E-state index contributed by atoms with van der Waals surface area (Å²) in [6.45, 7) is 0. The van der Waals surface area contributed by atoms with Crippen LogP contribution in [0.15, 0.2) is 42.5 Å². The highest BCUT2D eigenvalue weighted by atomic mass is 35.5. The largest absolute Gasteiger partial charge is 0.322 e. The third-order valence-electron chi connectivity index (χ3n) is 2.52. The second-order valence-corrected chi connectivity index (χ2v) is 5.12. The third-order valence-corrected chi connectivity index (χ3v) is 3.29. The molecule has 0 saturated heterocycles. The minimum absolute atomic E-state index is 0.250. The van der Waals surface area contributed by atoms with Crippen LogP contribution in [0.3, 0.4) is 0 Å². The maximum Gasteiger partial charge on any atom is 0.257 e. The van der Waals surface area contributed by atoms with Gasteiger partial charge in [-0.3, -0.25) is 9.59 Å². The molecule has 2 rings (SSSR count). The van der Waals surface area contributed by atoms with Crippen LogP contribution in [-0.4, -0.2) is 11.1 Å². The Labute approximate surface area is 130 Å². The molecule has 20 heavy (non-hydrogen) atoms. The second-order valence-electron chi connectivity index (χ2n) is 3.93. The molecule has 102 valence electrons. The summed E-state index contributed by atoms with van der Waals surface area (Å²) in [6.07, 6.45) is 0. The Bertz CT molecular complexity index is 686. The van der Waals surface area contributed by atoms with Crippen LogP contribution in [0.1, 0.15) is 20.7 Å². The van der Waals surface area contributed by atoms with E-state index in [1.165, 1.54) is 18.2 Å². The summed E-state index contributed by atoms with van der Waals surface area (Å²) in [5.74, 6) is -0.397. The number of rotatable bonds is 3. The number of benzene rings is 2. The van der Waals surface area contributed by atoms with Crippen LogP contribution in [0.5, 0.6) is 0 Å². The van der Waals surface area contributed by atoms with Gasteiger partial charge in [0.05, 0.1) is 10.6 Å². The van der Waals surface area contributed by atoms with Crippen molar-refractivity contribution in [3.63, 3.8) is 0 Å². The first-order valence-electron chi connectivity index (χ1n) is 5.53. The SMILES string of the molecule is O=C(Cl)c1cccc(NC(=O)c2ccc(Cl)cc2Cl)c1. The molecule has 0 aromatic heterocycles. The van der Waals surface area contributed by atoms with E-state index >= 15 is 0 Å². The van der Waals surface area contributed by atoms with Gasteiger partial charge in [0.1, 0.15) is 0 Å². The zero-order valence-electron chi connectivity index (χ0n) is 9.99. The molecule has 6 heteroatoms. The molecule has 1 N–H and O–H groups in total. The Balaban J connectivity index is 2.23. The van der Waals surface area contributed by atoms with Crippen LogP contribution in [-0.2, 0) is 0 Å².